The fourth-order valence-corrected chi connectivity index (χ4v) is 4.46. The van der Waals surface area contributed by atoms with Crippen LogP contribution in [-0.2, 0) is 15.0 Å². The lowest BCUT2D eigenvalue weighted by Crippen LogP contribution is -2.44. The Morgan fingerprint density at radius 1 is 1.21 bits per heavy atom. The number of hydrogen-bond acceptors (Lipinski definition) is 4. The van der Waals surface area contributed by atoms with Crippen LogP contribution < -0.4 is 15.8 Å². The Labute approximate surface area is 194 Å². The van der Waals surface area contributed by atoms with E-state index in [1.54, 1.807) is 17.3 Å². The summed E-state index contributed by atoms with van der Waals surface area (Å²) in [6.45, 7) is 0. The summed E-state index contributed by atoms with van der Waals surface area (Å²) in [6, 6.07) is 11.4. The average Bonchev–Trinajstić information content (AvgIpc) is 3.27. The van der Waals surface area contributed by atoms with Crippen LogP contribution in [0.4, 0.5) is 5.69 Å². The lowest BCUT2D eigenvalue weighted by atomic mass is 9.96. The molecule has 9 nitrogen and oxygen atoms in total. The monoisotopic (exact) mass is 471 g/mol. The van der Waals surface area contributed by atoms with Crippen LogP contribution in [0.3, 0.4) is 0 Å². The zero-order valence-corrected chi connectivity index (χ0v) is 19.1. The third kappa shape index (κ3) is 7.13. The first-order valence-electron chi connectivity index (χ1n) is 10.8. The Kier molecular flexibility index (Phi) is 8.18. The predicted octanol–water partition coefficient (Wildman–Crippen LogP) is 3.04. The third-order valence-corrected chi connectivity index (χ3v) is 5.95. The zero-order valence-electron chi connectivity index (χ0n) is 18.3. The van der Waals surface area contributed by atoms with Gasteiger partial charge in [-0.25, -0.2) is 5.14 Å². The highest BCUT2D eigenvalue weighted by atomic mass is 32.2. The first-order valence-corrected chi connectivity index (χ1v) is 12.3. The molecule has 1 heterocycles. The van der Waals surface area contributed by atoms with Crippen molar-refractivity contribution < 1.29 is 18.3 Å². The van der Waals surface area contributed by atoms with Gasteiger partial charge in [-0.3, -0.25) is 9.78 Å². The number of guanidine groups is 1. The molecule has 1 aliphatic carbocycles. The SMILES string of the molecule is NC(=NS(N)(=O)=O)N(c1cccc(/C(=C\CCCC(=O)O)c2cccnc2)c1)C1CCCC1. The van der Waals surface area contributed by atoms with Gasteiger partial charge < -0.3 is 15.7 Å². The molecule has 1 aromatic carbocycles. The van der Waals surface area contributed by atoms with Crippen molar-refractivity contribution in [3.8, 4) is 0 Å². The fraction of sp³-hybridized carbons (Fsp3) is 0.348. The van der Waals surface area contributed by atoms with E-state index in [2.05, 4.69) is 9.38 Å². The van der Waals surface area contributed by atoms with Crippen molar-refractivity contribution >= 4 is 33.4 Å². The van der Waals surface area contributed by atoms with E-state index in [0.717, 1.165) is 42.4 Å². The van der Waals surface area contributed by atoms with E-state index in [0.29, 0.717) is 18.5 Å². The minimum Gasteiger partial charge on any atom is -0.481 e. The van der Waals surface area contributed by atoms with E-state index >= 15 is 0 Å². The molecule has 0 bridgehead atoms. The maximum absolute atomic E-state index is 11.6. The van der Waals surface area contributed by atoms with Gasteiger partial charge >= 0.3 is 16.2 Å². The molecule has 1 saturated carbocycles. The number of nitrogens with two attached hydrogens (primary N) is 2. The average molecular weight is 472 g/mol. The summed E-state index contributed by atoms with van der Waals surface area (Å²) >= 11 is 0. The number of anilines is 1. The summed E-state index contributed by atoms with van der Waals surface area (Å²) in [5, 5.41) is 14.1. The maximum Gasteiger partial charge on any atom is 0.320 e. The smallest absolute Gasteiger partial charge is 0.320 e. The molecule has 5 N–H and O–H groups in total. The van der Waals surface area contributed by atoms with Crippen LogP contribution in [0.15, 0.2) is 59.3 Å². The van der Waals surface area contributed by atoms with E-state index in [-0.39, 0.29) is 18.4 Å². The third-order valence-electron chi connectivity index (χ3n) is 5.51. The Balaban J connectivity index is 2.02. The van der Waals surface area contributed by atoms with Crippen molar-refractivity contribution in [1.29, 1.82) is 0 Å². The topological polar surface area (TPSA) is 152 Å². The molecule has 0 atom stereocenters. The second-order valence-corrected chi connectivity index (χ2v) is 9.18. The Bertz CT molecular complexity index is 1130. The van der Waals surface area contributed by atoms with Gasteiger partial charge in [-0.2, -0.15) is 8.42 Å². The van der Waals surface area contributed by atoms with Crippen LogP contribution >= 0.6 is 0 Å². The van der Waals surface area contributed by atoms with Crippen LogP contribution in [0, 0.1) is 0 Å². The Morgan fingerprint density at radius 3 is 2.58 bits per heavy atom. The van der Waals surface area contributed by atoms with Crippen molar-refractivity contribution in [2.75, 3.05) is 4.90 Å². The minimum atomic E-state index is -4.14. The summed E-state index contributed by atoms with van der Waals surface area (Å²) in [6.07, 6.45) is 10.4. The molecule has 0 amide bonds. The summed E-state index contributed by atoms with van der Waals surface area (Å²) in [4.78, 5) is 16.8. The molecular weight excluding hydrogens is 442 g/mol. The quantitative estimate of drug-likeness (QED) is 0.289. The first kappa shape index (κ1) is 24.4. The normalized spacial score (nSPS) is 15.5. The second kappa shape index (κ2) is 11.1. The van der Waals surface area contributed by atoms with Gasteiger partial charge in [0.25, 0.3) is 0 Å². The Morgan fingerprint density at radius 2 is 1.94 bits per heavy atom. The highest BCUT2D eigenvalue weighted by Gasteiger charge is 2.27. The molecule has 0 radical (unpaired) electrons. The molecule has 176 valence electrons. The van der Waals surface area contributed by atoms with Crippen LogP contribution in [0.2, 0.25) is 0 Å². The van der Waals surface area contributed by atoms with Gasteiger partial charge in [-0.15, -0.1) is 4.40 Å². The second-order valence-electron chi connectivity index (χ2n) is 7.97. The molecule has 1 fully saturated rings. The molecular formula is C23H29N5O4S. The number of pyridine rings is 1. The van der Waals surface area contributed by atoms with Crippen LogP contribution in [0.1, 0.15) is 56.1 Å². The van der Waals surface area contributed by atoms with E-state index in [4.69, 9.17) is 16.0 Å². The van der Waals surface area contributed by atoms with Crippen LogP contribution in [0.25, 0.3) is 5.57 Å². The summed E-state index contributed by atoms with van der Waals surface area (Å²) in [7, 11) is -4.14. The van der Waals surface area contributed by atoms with Gasteiger partial charge in [0.2, 0.25) is 5.96 Å². The number of aromatic nitrogens is 1. The highest BCUT2D eigenvalue weighted by Crippen LogP contribution is 2.32. The number of hydrogen-bond donors (Lipinski definition) is 3. The van der Waals surface area contributed by atoms with E-state index in [9.17, 15) is 13.2 Å². The lowest BCUT2D eigenvalue weighted by Gasteiger charge is -2.30. The number of unbranched alkanes of at least 4 members (excludes halogenated alkanes) is 1. The molecule has 2 aromatic rings. The number of carbonyl (C=O) groups is 1. The number of benzene rings is 1. The number of allylic oxidation sites excluding steroid dienone is 1. The maximum atomic E-state index is 11.6. The van der Waals surface area contributed by atoms with E-state index < -0.39 is 16.2 Å². The Hall–Kier alpha value is -3.24. The van der Waals surface area contributed by atoms with Gasteiger partial charge in [0.1, 0.15) is 0 Å². The molecule has 1 aromatic heterocycles. The van der Waals surface area contributed by atoms with Gasteiger partial charge in [0.15, 0.2) is 0 Å². The number of carboxylic acids is 1. The molecule has 33 heavy (non-hydrogen) atoms. The van der Waals surface area contributed by atoms with Crippen LogP contribution in [-0.4, -0.2) is 36.5 Å². The molecule has 0 saturated heterocycles. The standard InChI is InChI=1S/C23H29N5O4S/c24-23(27-33(25,31)32)28(19-9-1-2-10-19)20-11-5-7-17(15-20)21(12-3-4-13-22(29)30)18-8-6-14-26-16-18/h5-8,11-12,14-16,19H,1-4,9-10,13H2,(H2,24,27)(H,29,30)(H2,25,31,32)/b21-12+. The molecule has 3 rings (SSSR count). The molecule has 1 aliphatic rings. The van der Waals surface area contributed by atoms with Gasteiger partial charge in [-0.05, 0) is 55.0 Å². The zero-order chi connectivity index (χ0) is 23.8. The van der Waals surface area contributed by atoms with Crippen molar-refractivity contribution in [3.63, 3.8) is 0 Å². The number of aliphatic carboxylic acids is 1. The molecule has 0 spiro atoms. The highest BCUT2D eigenvalue weighted by molar-refractivity contribution is 7.88. The largest absolute Gasteiger partial charge is 0.481 e. The molecule has 10 heteroatoms. The van der Waals surface area contributed by atoms with E-state index in [1.165, 1.54) is 0 Å². The molecule has 0 unspecified atom stereocenters. The summed E-state index contributed by atoms with van der Waals surface area (Å²) in [5.74, 6) is -0.986. The van der Waals surface area contributed by atoms with E-state index in [1.807, 2.05) is 42.5 Å². The lowest BCUT2D eigenvalue weighted by molar-refractivity contribution is -0.137. The van der Waals surface area contributed by atoms with Crippen LogP contribution in [0.5, 0.6) is 0 Å². The first-order chi connectivity index (χ1) is 15.7. The van der Waals surface area contributed by atoms with Gasteiger partial charge in [-0.1, -0.05) is 37.1 Å². The summed E-state index contributed by atoms with van der Waals surface area (Å²) in [5.41, 5.74) is 9.50. The summed E-state index contributed by atoms with van der Waals surface area (Å²) < 4.78 is 26.7. The number of carboxylic acid groups (broad SMARTS) is 1. The van der Waals surface area contributed by atoms with Crippen molar-refractivity contribution in [2.45, 2.75) is 51.0 Å². The number of nitrogens with zero attached hydrogens (tertiary/aromatic N) is 3. The minimum absolute atomic E-state index is 0.0205. The van der Waals surface area contributed by atoms with Crippen molar-refractivity contribution in [3.05, 3.63) is 66.0 Å². The van der Waals surface area contributed by atoms with Crippen molar-refractivity contribution in [2.24, 2.45) is 15.3 Å². The van der Waals surface area contributed by atoms with Crippen molar-refractivity contribution in [1.82, 2.24) is 4.98 Å². The predicted molar refractivity (Wildman–Crippen MR) is 129 cm³/mol. The molecule has 0 aliphatic heterocycles. The van der Waals surface area contributed by atoms with Gasteiger partial charge in [0, 0.05) is 36.1 Å². The number of rotatable bonds is 9. The van der Waals surface area contributed by atoms with Gasteiger partial charge in [0.05, 0.1) is 0 Å². The fourth-order valence-electron chi connectivity index (χ4n) is 4.11.